The van der Waals surface area contributed by atoms with E-state index in [0.717, 1.165) is 63.3 Å². The van der Waals surface area contributed by atoms with Crippen LogP contribution in [0.3, 0.4) is 0 Å². The second-order valence-corrected chi connectivity index (χ2v) is 9.54. The summed E-state index contributed by atoms with van der Waals surface area (Å²) in [6.45, 7) is 2.99. The van der Waals surface area contributed by atoms with Crippen LogP contribution in [0.15, 0.2) is 41.4 Å². The second kappa shape index (κ2) is 8.69. The van der Waals surface area contributed by atoms with E-state index in [1.165, 1.54) is 12.3 Å². The minimum atomic E-state index is -3.67. The number of H-pyrrole nitrogens is 1. The van der Waals surface area contributed by atoms with E-state index in [1.54, 1.807) is 12.0 Å². The predicted molar refractivity (Wildman–Crippen MR) is 114 cm³/mol. The fraction of sp³-hybridized carbons (Fsp3) is 0.476. The molecule has 1 aromatic carbocycles. The topological polar surface area (TPSA) is 94.7 Å². The zero-order chi connectivity index (χ0) is 21.1. The van der Waals surface area contributed by atoms with Crippen molar-refractivity contribution in [3.8, 4) is 5.75 Å². The lowest BCUT2D eigenvalue weighted by atomic mass is 10.1. The van der Waals surface area contributed by atoms with Crippen molar-refractivity contribution in [2.75, 3.05) is 38.2 Å². The first kappa shape index (κ1) is 20.7. The number of carbonyl (C=O) groups excluding carboxylic acids is 1. The van der Waals surface area contributed by atoms with Gasteiger partial charge in [-0.15, -0.1) is 0 Å². The number of likely N-dealkylation sites (tertiary alicyclic amines) is 1. The fourth-order valence-corrected chi connectivity index (χ4v) is 5.38. The molecule has 0 unspecified atom stereocenters. The number of anilines is 1. The quantitative estimate of drug-likeness (QED) is 0.730. The van der Waals surface area contributed by atoms with Crippen molar-refractivity contribution in [2.24, 2.45) is 0 Å². The zero-order valence-electron chi connectivity index (χ0n) is 17.1. The highest BCUT2D eigenvalue weighted by atomic mass is 32.2. The number of amides is 1. The van der Waals surface area contributed by atoms with Gasteiger partial charge < -0.3 is 19.5 Å². The average Bonchev–Trinajstić information content (AvgIpc) is 3.46. The van der Waals surface area contributed by atoms with E-state index in [4.69, 9.17) is 4.74 Å². The number of sulfonamides is 1. The highest BCUT2D eigenvalue weighted by Gasteiger charge is 2.27. The highest BCUT2D eigenvalue weighted by molar-refractivity contribution is 7.89. The fourth-order valence-electron chi connectivity index (χ4n) is 4.08. The van der Waals surface area contributed by atoms with E-state index in [0.29, 0.717) is 5.69 Å². The Balaban J connectivity index is 1.34. The molecule has 30 heavy (non-hydrogen) atoms. The molecule has 0 bridgehead atoms. The Hall–Kier alpha value is -2.52. The van der Waals surface area contributed by atoms with Crippen molar-refractivity contribution in [2.45, 2.75) is 36.6 Å². The number of ether oxygens (including phenoxy) is 1. The standard InChI is InChI=1S/C21H28N4O4S/c1-29-18-6-4-17(5-7-18)24-12-8-16(9-13-24)23-30(27,28)19-14-20(22-15-19)21(26)25-10-2-3-11-25/h4-7,14-16,22-23H,2-3,8-13H2,1H3. The van der Waals surface area contributed by atoms with Gasteiger partial charge >= 0.3 is 0 Å². The lowest BCUT2D eigenvalue weighted by Crippen LogP contribution is -2.44. The van der Waals surface area contributed by atoms with E-state index >= 15 is 0 Å². The molecule has 1 amide bonds. The van der Waals surface area contributed by atoms with Gasteiger partial charge in [-0.25, -0.2) is 13.1 Å². The van der Waals surface area contributed by atoms with Crippen LogP contribution >= 0.6 is 0 Å². The molecule has 2 aliphatic heterocycles. The van der Waals surface area contributed by atoms with Crippen LogP contribution < -0.4 is 14.4 Å². The minimum Gasteiger partial charge on any atom is -0.497 e. The van der Waals surface area contributed by atoms with E-state index in [2.05, 4.69) is 14.6 Å². The van der Waals surface area contributed by atoms with E-state index in [-0.39, 0.29) is 16.8 Å². The van der Waals surface area contributed by atoms with Gasteiger partial charge in [0, 0.05) is 44.1 Å². The molecule has 0 aliphatic carbocycles. The Bertz CT molecular complexity index is 973. The van der Waals surface area contributed by atoms with Crippen LogP contribution in [0.2, 0.25) is 0 Å². The van der Waals surface area contributed by atoms with Gasteiger partial charge in [-0.2, -0.15) is 0 Å². The molecule has 9 heteroatoms. The van der Waals surface area contributed by atoms with Crippen LogP contribution in [0.25, 0.3) is 0 Å². The van der Waals surface area contributed by atoms with Crippen LogP contribution in [-0.4, -0.2) is 63.5 Å². The summed E-state index contributed by atoms with van der Waals surface area (Å²) in [4.78, 5) is 19.4. The summed E-state index contributed by atoms with van der Waals surface area (Å²) in [5.74, 6) is 0.678. The Kier molecular flexibility index (Phi) is 6.01. The maximum Gasteiger partial charge on any atom is 0.270 e. The van der Waals surface area contributed by atoms with E-state index < -0.39 is 10.0 Å². The molecule has 2 aliphatic rings. The molecule has 8 nitrogen and oxygen atoms in total. The third kappa shape index (κ3) is 4.46. The monoisotopic (exact) mass is 432 g/mol. The number of rotatable bonds is 6. The summed E-state index contributed by atoms with van der Waals surface area (Å²) in [5.41, 5.74) is 1.43. The smallest absolute Gasteiger partial charge is 0.270 e. The molecule has 3 heterocycles. The first-order chi connectivity index (χ1) is 14.5. The van der Waals surface area contributed by atoms with E-state index in [9.17, 15) is 13.2 Å². The number of hydrogen-bond acceptors (Lipinski definition) is 5. The predicted octanol–water partition coefficient (Wildman–Crippen LogP) is 2.21. The zero-order valence-corrected chi connectivity index (χ0v) is 18.0. The molecular weight excluding hydrogens is 404 g/mol. The number of aromatic amines is 1. The second-order valence-electron chi connectivity index (χ2n) is 7.83. The highest BCUT2D eigenvalue weighted by Crippen LogP contribution is 2.24. The van der Waals surface area contributed by atoms with Crippen LogP contribution in [0, 0.1) is 0 Å². The van der Waals surface area contributed by atoms with Crippen molar-refractivity contribution in [1.82, 2.24) is 14.6 Å². The summed E-state index contributed by atoms with van der Waals surface area (Å²) in [7, 11) is -2.03. The summed E-state index contributed by atoms with van der Waals surface area (Å²) < 4.78 is 33.6. The molecule has 4 rings (SSSR count). The first-order valence-corrected chi connectivity index (χ1v) is 11.8. The number of methoxy groups -OCH3 is 1. The molecule has 1 aromatic heterocycles. The van der Waals surface area contributed by atoms with Gasteiger partial charge in [0.2, 0.25) is 10.0 Å². The molecule has 2 fully saturated rings. The van der Waals surface area contributed by atoms with Crippen molar-refractivity contribution in [1.29, 1.82) is 0 Å². The summed E-state index contributed by atoms with van der Waals surface area (Å²) in [6, 6.07) is 9.20. The summed E-state index contributed by atoms with van der Waals surface area (Å²) in [6.07, 6.45) is 4.82. The largest absolute Gasteiger partial charge is 0.497 e. The molecule has 0 atom stereocenters. The van der Waals surface area contributed by atoms with Gasteiger partial charge in [0.15, 0.2) is 0 Å². The van der Waals surface area contributed by atoms with Crippen LogP contribution in [0.4, 0.5) is 5.69 Å². The third-order valence-corrected chi connectivity index (χ3v) is 7.34. The Morgan fingerprint density at radius 3 is 2.40 bits per heavy atom. The van der Waals surface area contributed by atoms with Crippen LogP contribution in [0.5, 0.6) is 5.75 Å². The lowest BCUT2D eigenvalue weighted by molar-refractivity contribution is 0.0787. The Morgan fingerprint density at radius 2 is 1.77 bits per heavy atom. The number of aromatic nitrogens is 1. The number of nitrogens with one attached hydrogen (secondary N) is 2. The molecule has 0 saturated carbocycles. The van der Waals surface area contributed by atoms with Crippen molar-refractivity contribution in [3.05, 3.63) is 42.2 Å². The van der Waals surface area contributed by atoms with Crippen LogP contribution in [-0.2, 0) is 10.0 Å². The maximum absolute atomic E-state index is 12.8. The molecule has 2 saturated heterocycles. The van der Waals surface area contributed by atoms with Crippen LogP contribution in [0.1, 0.15) is 36.2 Å². The van der Waals surface area contributed by atoms with Gasteiger partial charge in [-0.3, -0.25) is 4.79 Å². The molecule has 2 aromatic rings. The number of carbonyl (C=O) groups is 1. The SMILES string of the molecule is COc1ccc(N2CCC(NS(=O)(=O)c3c[nH]c(C(=O)N4CCCC4)c3)CC2)cc1. The first-order valence-electron chi connectivity index (χ1n) is 10.4. The normalized spacial score (nSPS) is 18.0. The number of piperidine rings is 1. The minimum absolute atomic E-state index is 0.114. The molecule has 162 valence electrons. The van der Waals surface area contributed by atoms with Crippen molar-refractivity contribution in [3.63, 3.8) is 0 Å². The Labute approximate surface area is 177 Å². The number of nitrogens with zero attached hydrogens (tertiary/aromatic N) is 2. The van der Waals surface area contributed by atoms with Gasteiger partial charge in [-0.1, -0.05) is 0 Å². The molecular formula is C21H28N4O4S. The van der Waals surface area contributed by atoms with Gasteiger partial charge in [0.1, 0.15) is 16.3 Å². The number of benzene rings is 1. The lowest BCUT2D eigenvalue weighted by Gasteiger charge is -2.33. The molecule has 0 spiro atoms. The summed E-state index contributed by atoms with van der Waals surface area (Å²) in [5, 5.41) is 0. The molecule has 2 N–H and O–H groups in total. The van der Waals surface area contributed by atoms with E-state index in [1.807, 2.05) is 24.3 Å². The third-order valence-electron chi connectivity index (χ3n) is 5.84. The average molecular weight is 433 g/mol. The molecule has 0 radical (unpaired) electrons. The number of hydrogen-bond donors (Lipinski definition) is 2. The van der Waals surface area contributed by atoms with Gasteiger partial charge in [0.25, 0.3) is 5.91 Å². The summed E-state index contributed by atoms with van der Waals surface area (Å²) >= 11 is 0. The van der Waals surface area contributed by atoms with Crippen molar-refractivity contribution >= 4 is 21.6 Å². The maximum atomic E-state index is 12.8. The Morgan fingerprint density at radius 1 is 1.10 bits per heavy atom. The van der Waals surface area contributed by atoms with Crippen molar-refractivity contribution < 1.29 is 17.9 Å². The van der Waals surface area contributed by atoms with Gasteiger partial charge in [0.05, 0.1) is 7.11 Å². The van der Waals surface area contributed by atoms with Gasteiger partial charge in [-0.05, 0) is 56.0 Å².